The molecule has 0 aliphatic carbocycles. The number of rotatable bonds is 4. The molecule has 6 heteroatoms. The topological polar surface area (TPSA) is 75.3 Å². The molecule has 3 rings (SSSR count). The largest absolute Gasteiger partial charge is 0.508 e. The summed E-state index contributed by atoms with van der Waals surface area (Å²) >= 11 is 4.85. The minimum atomic E-state index is -0.181. The molecule has 0 saturated heterocycles. The highest BCUT2D eigenvalue weighted by Gasteiger charge is 2.12. The summed E-state index contributed by atoms with van der Waals surface area (Å²) in [5.74, 6) is 0.0351. The number of nitrogens with one attached hydrogen (secondary N) is 1. The summed E-state index contributed by atoms with van der Waals surface area (Å²) in [5, 5.41) is 12.3. The third-order valence-electron chi connectivity index (χ3n) is 3.76. The van der Waals surface area contributed by atoms with Crippen LogP contribution in [0, 0.1) is 6.92 Å². The van der Waals surface area contributed by atoms with Crippen LogP contribution in [0.4, 0.5) is 11.4 Å². The van der Waals surface area contributed by atoms with Gasteiger partial charge in [0.2, 0.25) is 0 Å². The normalized spacial score (nSPS) is 10.5. The Morgan fingerprint density at radius 2 is 1.85 bits per heavy atom. The zero-order valence-corrected chi connectivity index (χ0v) is 16.4. The van der Waals surface area contributed by atoms with E-state index in [4.69, 9.17) is 5.73 Å². The van der Waals surface area contributed by atoms with Crippen LogP contribution in [0.5, 0.6) is 5.75 Å². The van der Waals surface area contributed by atoms with Crippen LogP contribution in [-0.4, -0.2) is 11.0 Å². The van der Waals surface area contributed by atoms with Crippen molar-refractivity contribution in [2.75, 3.05) is 11.1 Å². The number of carbonyl (C=O) groups excluding carboxylic acids is 1. The molecule has 0 spiro atoms. The standard InChI is InChI=1S/C20H17BrN2O2S/c1-12-9-17(22)19(26-16-7-5-15(24)6-8-16)11-18(12)23-20(25)13-3-2-4-14(21)10-13/h2-11,24H,22H2,1H3,(H,23,25). The van der Waals surface area contributed by atoms with Crippen LogP contribution in [-0.2, 0) is 0 Å². The van der Waals surface area contributed by atoms with Gasteiger partial charge in [0.15, 0.2) is 0 Å². The maximum atomic E-state index is 12.5. The molecule has 0 fully saturated rings. The first-order valence-electron chi connectivity index (χ1n) is 7.86. The lowest BCUT2D eigenvalue weighted by Crippen LogP contribution is -2.13. The molecule has 4 N–H and O–H groups in total. The van der Waals surface area contributed by atoms with Gasteiger partial charge >= 0.3 is 0 Å². The number of halogens is 1. The smallest absolute Gasteiger partial charge is 0.255 e. The molecular formula is C20H17BrN2O2S. The van der Waals surface area contributed by atoms with Crippen LogP contribution in [0.2, 0.25) is 0 Å². The van der Waals surface area contributed by atoms with Gasteiger partial charge in [0.25, 0.3) is 5.91 Å². The van der Waals surface area contributed by atoms with Crippen molar-refractivity contribution >= 4 is 45.0 Å². The van der Waals surface area contributed by atoms with Gasteiger partial charge in [-0.25, -0.2) is 0 Å². The molecule has 3 aromatic carbocycles. The van der Waals surface area contributed by atoms with Crippen LogP contribution < -0.4 is 11.1 Å². The number of phenols is 1. The first-order valence-corrected chi connectivity index (χ1v) is 9.47. The lowest BCUT2D eigenvalue weighted by molar-refractivity contribution is 0.102. The van der Waals surface area contributed by atoms with Crippen molar-refractivity contribution in [3.05, 3.63) is 76.3 Å². The first-order chi connectivity index (χ1) is 12.4. The molecule has 0 unspecified atom stereocenters. The number of aryl methyl sites for hydroxylation is 1. The number of nitrogen functional groups attached to an aromatic ring is 1. The fraction of sp³-hybridized carbons (Fsp3) is 0.0500. The second kappa shape index (κ2) is 7.85. The Bertz CT molecular complexity index is 959. The Morgan fingerprint density at radius 1 is 1.12 bits per heavy atom. The van der Waals surface area contributed by atoms with Crippen molar-refractivity contribution in [2.24, 2.45) is 0 Å². The summed E-state index contributed by atoms with van der Waals surface area (Å²) in [6, 6.07) is 17.8. The van der Waals surface area contributed by atoms with Gasteiger partial charge in [-0.05, 0) is 67.1 Å². The van der Waals surface area contributed by atoms with E-state index in [1.165, 1.54) is 11.8 Å². The van der Waals surface area contributed by atoms with Crippen LogP contribution in [0.1, 0.15) is 15.9 Å². The fourth-order valence-corrected chi connectivity index (χ4v) is 3.68. The van der Waals surface area contributed by atoms with Crippen molar-refractivity contribution in [3.8, 4) is 5.75 Å². The maximum absolute atomic E-state index is 12.5. The summed E-state index contributed by atoms with van der Waals surface area (Å²) in [7, 11) is 0. The molecule has 0 radical (unpaired) electrons. The van der Waals surface area contributed by atoms with Crippen molar-refractivity contribution in [3.63, 3.8) is 0 Å². The lowest BCUT2D eigenvalue weighted by atomic mass is 10.1. The highest BCUT2D eigenvalue weighted by molar-refractivity contribution is 9.10. The van der Waals surface area contributed by atoms with Crippen LogP contribution >= 0.6 is 27.7 Å². The molecule has 0 saturated carbocycles. The summed E-state index contributed by atoms with van der Waals surface area (Å²) < 4.78 is 0.850. The van der Waals surface area contributed by atoms with Crippen molar-refractivity contribution in [1.29, 1.82) is 0 Å². The Morgan fingerprint density at radius 3 is 2.54 bits per heavy atom. The molecule has 0 heterocycles. The fourth-order valence-electron chi connectivity index (χ4n) is 2.40. The molecule has 4 nitrogen and oxygen atoms in total. The average Bonchev–Trinajstić information content (AvgIpc) is 2.61. The van der Waals surface area contributed by atoms with Crippen LogP contribution in [0.3, 0.4) is 0 Å². The van der Waals surface area contributed by atoms with E-state index in [0.717, 1.165) is 19.8 Å². The molecule has 1 amide bonds. The van der Waals surface area contributed by atoms with Crippen LogP contribution in [0.15, 0.2) is 74.9 Å². The number of amides is 1. The van der Waals surface area contributed by atoms with Gasteiger partial charge in [-0.15, -0.1) is 0 Å². The van der Waals surface area contributed by atoms with Gasteiger partial charge in [0.05, 0.1) is 0 Å². The van der Waals surface area contributed by atoms with Crippen molar-refractivity contribution in [2.45, 2.75) is 16.7 Å². The zero-order chi connectivity index (χ0) is 18.7. The number of hydrogen-bond donors (Lipinski definition) is 3. The number of hydrogen-bond acceptors (Lipinski definition) is 4. The molecule has 0 atom stereocenters. The van der Waals surface area contributed by atoms with Gasteiger partial charge in [0, 0.05) is 31.2 Å². The predicted octanol–water partition coefficient (Wildman–Crippen LogP) is 5.45. The molecule has 0 aromatic heterocycles. The number of nitrogens with two attached hydrogens (primary N) is 1. The number of anilines is 2. The Balaban J connectivity index is 1.85. The average molecular weight is 429 g/mol. The van der Waals surface area contributed by atoms with Gasteiger partial charge < -0.3 is 16.2 Å². The van der Waals surface area contributed by atoms with Gasteiger partial charge in [-0.1, -0.05) is 33.8 Å². The van der Waals surface area contributed by atoms with E-state index in [9.17, 15) is 9.90 Å². The molecular weight excluding hydrogens is 412 g/mol. The Kier molecular flexibility index (Phi) is 5.54. The highest BCUT2D eigenvalue weighted by Crippen LogP contribution is 2.36. The predicted molar refractivity (Wildman–Crippen MR) is 110 cm³/mol. The van der Waals surface area contributed by atoms with E-state index in [1.54, 1.807) is 24.3 Å². The molecule has 3 aromatic rings. The summed E-state index contributed by atoms with van der Waals surface area (Å²) in [5.41, 5.74) is 8.96. The van der Waals surface area contributed by atoms with Crippen LogP contribution in [0.25, 0.3) is 0 Å². The Hall–Kier alpha value is -2.44. The minimum Gasteiger partial charge on any atom is -0.508 e. The first kappa shape index (κ1) is 18.4. The van der Waals surface area contributed by atoms with Gasteiger partial charge in [0.1, 0.15) is 5.75 Å². The summed E-state index contributed by atoms with van der Waals surface area (Å²) in [6.45, 7) is 1.90. The van der Waals surface area contributed by atoms with E-state index >= 15 is 0 Å². The second-order valence-electron chi connectivity index (χ2n) is 5.77. The summed E-state index contributed by atoms with van der Waals surface area (Å²) in [4.78, 5) is 14.3. The number of phenolic OH excluding ortho intramolecular Hbond substituents is 1. The Labute approximate surface area is 164 Å². The minimum absolute atomic E-state index is 0.181. The molecule has 26 heavy (non-hydrogen) atoms. The van der Waals surface area contributed by atoms with Gasteiger partial charge in [-0.2, -0.15) is 0 Å². The molecule has 0 aliphatic rings. The number of carbonyl (C=O) groups is 1. The van der Waals surface area contributed by atoms with E-state index in [-0.39, 0.29) is 11.7 Å². The number of benzene rings is 3. The third kappa shape index (κ3) is 4.39. The monoisotopic (exact) mass is 428 g/mol. The lowest BCUT2D eigenvalue weighted by Gasteiger charge is -2.13. The third-order valence-corrected chi connectivity index (χ3v) is 5.33. The van der Waals surface area contributed by atoms with E-state index < -0.39 is 0 Å². The van der Waals surface area contributed by atoms with Gasteiger partial charge in [-0.3, -0.25) is 4.79 Å². The molecule has 132 valence electrons. The zero-order valence-electron chi connectivity index (χ0n) is 14.0. The highest BCUT2D eigenvalue weighted by atomic mass is 79.9. The van der Waals surface area contributed by atoms with E-state index in [2.05, 4.69) is 21.2 Å². The SMILES string of the molecule is Cc1cc(N)c(Sc2ccc(O)cc2)cc1NC(=O)c1cccc(Br)c1. The van der Waals surface area contributed by atoms with Crippen molar-refractivity contribution in [1.82, 2.24) is 0 Å². The maximum Gasteiger partial charge on any atom is 0.255 e. The quantitative estimate of drug-likeness (QED) is 0.482. The van der Waals surface area contributed by atoms with E-state index in [1.807, 2.05) is 43.3 Å². The number of aromatic hydroxyl groups is 1. The van der Waals surface area contributed by atoms with E-state index in [0.29, 0.717) is 16.9 Å². The summed E-state index contributed by atoms with van der Waals surface area (Å²) in [6.07, 6.45) is 0. The van der Waals surface area contributed by atoms with Crippen molar-refractivity contribution < 1.29 is 9.90 Å². The molecule has 0 bridgehead atoms. The molecule has 0 aliphatic heterocycles. The second-order valence-corrected chi connectivity index (χ2v) is 7.80.